The van der Waals surface area contributed by atoms with E-state index in [4.69, 9.17) is 4.74 Å². The Balaban J connectivity index is 1.61. The predicted molar refractivity (Wildman–Crippen MR) is 103 cm³/mol. The van der Waals surface area contributed by atoms with Gasteiger partial charge in [-0.3, -0.25) is 9.48 Å². The Morgan fingerprint density at radius 1 is 1.22 bits per heavy atom. The Kier molecular flexibility index (Phi) is 4.89. The monoisotopic (exact) mass is 362 g/mol. The van der Waals surface area contributed by atoms with E-state index >= 15 is 0 Å². The molecule has 0 fully saturated rings. The molecular weight excluding hydrogens is 340 g/mol. The number of nitrogens with one attached hydrogen (secondary N) is 2. The molecule has 0 saturated carbocycles. The Labute approximate surface area is 158 Å². The van der Waals surface area contributed by atoms with Crippen LogP contribution in [0.2, 0.25) is 0 Å². The van der Waals surface area contributed by atoms with E-state index < -0.39 is 0 Å². The van der Waals surface area contributed by atoms with Crippen LogP contribution in [0.5, 0.6) is 5.75 Å². The highest BCUT2D eigenvalue weighted by Gasteiger charge is 2.21. The molecular formula is C21H22N4O2. The van der Waals surface area contributed by atoms with Crippen molar-refractivity contribution in [3.63, 3.8) is 0 Å². The van der Waals surface area contributed by atoms with Crippen molar-refractivity contribution >= 4 is 5.91 Å². The topological polar surface area (TPSA) is 68.2 Å². The Hall–Kier alpha value is -3.12. The summed E-state index contributed by atoms with van der Waals surface area (Å²) >= 11 is 0. The second-order valence-electron chi connectivity index (χ2n) is 6.58. The number of ether oxygens (including phenoxy) is 1. The van der Waals surface area contributed by atoms with E-state index in [0.29, 0.717) is 18.7 Å². The Morgan fingerprint density at radius 2 is 2.07 bits per heavy atom. The van der Waals surface area contributed by atoms with Crippen LogP contribution in [0.15, 0.2) is 60.8 Å². The maximum Gasteiger partial charge on any atom is 0.252 e. The molecule has 1 aliphatic heterocycles. The minimum Gasteiger partial charge on any atom is -0.492 e. The van der Waals surface area contributed by atoms with E-state index in [0.717, 1.165) is 29.1 Å². The van der Waals surface area contributed by atoms with Crippen molar-refractivity contribution in [1.82, 2.24) is 20.4 Å². The molecule has 1 aromatic heterocycles. The van der Waals surface area contributed by atoms with Crippen LogP contribution in [0.3, 0.4) is 0 Å². The highest BCUT2D eigenvalue weighted by atomic mass is 16.5. The largest absolute Gasteiger partial charge is 0.492 e. The van der Waals surface area contributed by atoms with Gasteiger partial charge in [-0.15, -0.1) is 0 Å². The molecule has 1 unspecified atom stereocenters. The SMILES string of the molecule is Cn1ccc(C(NC(=O)c2ccc3c(c2)CNCCO3)c2ccccc2)n1. The first-order valence-electron chi connectivity index (χ1n) is 9.02. The van der Waals surface area contributed by atoms with Gasteiger partial charge >= 0.3 is 0 Å². The van der Waals surface area contributed by atoms with Gasteiger partial charge in [-0.05, 0) is 29.8 Å². The summed E-state index contributed by atoms with van der Waals surface area (Å²) in [5, 5.41) is 10.9. The summed E-state index contributed by atoms with van der Waals surface area (Å²) in [6.45, 7) is 2.12. The van der Waals surface area contributed by atoms with Gasteiger partial charge in [-0.2, -0.15) is 5.10 Å². The lowest BCUT2D eigenvalue weighted by atomic mass is 10.0. The number of aryl methyl sites for hydroxylation is 1. The number of hydrogen-bond donors (Lipinski definition) is 2. The van der Waals surface area contributed by atoms with Crippen LogP contribution < -0.4 is 15.4 Å². The predicted octanol–water partition coefficient (Wildman–Crippen LogP) is 2.42. The normalized spacial score (nSPS) is 14.6. The average molecular weight is 362 g/mol. The van der Waals surface area contributed by atoms with Gasteiger partial charge in [0.05, 0.1) is 11.7 Å². The second kappa shape index (κ2) is 7.63. The van der Waals surface area contributed by atoms with Crippen LogP contribution >= 0.6 is 0 Å². The lowest BCUT2D eigenvalue weighted by Gasteiger charge is -2.18. The first-order chi connectivity index (χ1) is 13.2. The summed E-state index contributed by atoms with van der Waals surface area (Å²) < 4.78 is 7.44. The van der Waals surface area contributed by atoms with Crippen molar-refractivity contribution < 1.29 is 9.53 Å². The van der Waals surface area contributed by atoms with Crippen LogP contribution in [0.1, 0.15) is 33.2 Å². The van der Waals surface area contributed by atoms with Crippen LogP contribution in [-0.4, -0.2) is 28.8 Å². The van der Waals surface area contributed by atoms with Gasteiger partial charge in [-0.1, -0.05) is 30.3 Å². The Bertz CT molecular complexity index is 936. The molecule has 3 aromatic rings. The maximum absolute atomic E-state index is 13.0. The number of benzene rings is 2. The molecule has 0 radical (unpaired) electrons. The van der Waals surface area contributed by atoms with Gasteiger partial charge in [0.1, 0.15) is 12.4 Å². The summed E-state index contributed by atoms with van der Waals surface area (Å²) in [5.74, 6) is 0.697. The molecule has 1 amide bonds. The number of carbonyl (C=O) groups is 1. The van der Waals surface area contributed by atoms with E-state index in [2.05, 4.69) is 15.7 Å². The summed E-state index contributed by atoms with van der Waals surface area (Å²) in [6, 6.07) is 17.0. The average Bonchev–Trinajstić information content (AvgIpc) is 2.99. The number of nitrogens with zero attached hydrogens (tertiary/aromatic N) is 2. The highest BCUT2D eigenvalue weighted by Crippen LogP contribution is 2.24. The van der Waals surface area contributed by atoms with Crippen molar-refractivity contribution in [1.29, 1.82) is 0 Å². The number of hydrogen-bond acceptors (Lipinski definition) is 4. The fourth-order valence-electron chi connectivity index (χ4n) is 3.23. The van der Waals surface area contributed by atoms with E-state index in [1.165, 1.54) is 0 Å². The highest BCUT2D eigenvalue weighted by molar-refractivity contribution is 5.95. The van der Waals surface area contributed by atoms with E-state index in [-0.39, 0.29) is 11.9 Å². The summed E-state index contributed by atoms with van der Waals surface area (Å²) in [7, 11) is 1.87. The summed E-state index contributed by atoms with van der Waals surface area (Å²) in [4.78, 5) is 13.0. The van der Waals surface area contributed by atoms with Gasteiger partial charge in [0.25, 0.3) is 5.91 Å². The van der Waals surface area contributed by atoms with E-state index in [9.17, 15) is 4.79 Å². The first kappa shape index (κ1) is 17.3. The molecule has 6 nitrogen and oxygen atoms in total. The van der Waals surface area contributed by atoms with Crippen LogP contribution in [0.4, 0.5) is 0 Å². The van der Waals surface area contributed by atoms with Gasteiger partial charge in [-0.25, -0.2) is 0 Å². The molecule has 2 heterocycles. The number of fused-ring (bicyclic) bond motifs is 1. The third-order valence-electron chi connectivity index (χ3n) is 4.61. The molecule has 138 valence electrons. The standard InChI is InChI=1S/C21H22N4O2/c1-25-11-9-18(24-25)20(15-5-3-2-4-6-15)23-21(26)16-7-8-19-17(13-16)14-22-10-12-27-19/h2-9,11,13,20,22H,10,12,14H2,1H3,(H,23,26). The molecule has 0 aliphatic carbocycles. The van der Waals surface area contributed by atoms with Crippen molar-refractivity contribution in [2.45, 2.75) is 12.6 Å². The van der Waals surface area contributed by atoms with Gasteiger partial charge in [0.2, 0.25) is 0 Å². The van der Waals surface area contributed by atoms with E-state index in [1.807, 2.05) is 61.8 Å². The molecule has 0 saturated heterocycles. The van der Waals surface area contributed by atoms with Crippen molar-refractivity contribution in [2.24, 2.45) is 7.05 Å². The third-order valence-corrected chi connectivity index (χ3v) is 4.61. The third kappa shape index (κ3) is 3.85. The van der Waals surface area contributed by atoms with Gasteiger partial charge < -0.3 is 15.4 Å². The summed E-state index contributed by atoms with van der Waals surface area (Å²) in [5.41, 5.74) is 3.40. The lowest BCUT2D eigenvalue weighted by Crippen LogP contribution is -2.30. The van der Waals surface area contributed by atoms with Crippen molar-refractivity contribution in [3.8, 4) is 5.75 Å². The molecule has 0 bridgehead atoms. The number of carbonyl (C=O) groups excluding carboxylic acids is 1. The molecule has 1 atom stereocenters. The fourth-order valence-corrected chi connectivity index (χ4v) is 3.23. The molecule has 2 N–H and O–H groups in total. The number of rotatable bonds is 4. The van der Waals surface area contributed by atoms with Crippen LogP contribution in [0.25, 0.3) is 0 Å². The minimum atomic E-state index is -0.312. The maximum atomic E-state index is 13.0. The number of aromatic nitrogens is 2. The summed E-state index contributed by atoms with van der Waals surface area (Å²) in [6.07, 6.45) is 1.88. The zero-order valence-corrected chi connectivity index (χ0v) is 15.2. The van der Waals surface area contributed by atoms with Crippen LogP contribution in [0, 0.1) is 0 Å². The quantitative estimate of drug-likeness (QED) is 0.748. The molecule has 0 spiro atoms. The zero-order valence-electron chi connectivity index (χ0n) is 15.2. The fraction of sp³-hybridized carbons (Fsp3) is 0.238. The van der Waals surface area contributed by atoms with Crippen LogP contribution in [-0.2, 0) is 13.6 Å². The second-order valence-corrected chi connectivity index (χ2v) is 6.58. The molecule has 27 heavy (non-hydrogen) atoms. The molecule has 6 heteroatoms. The number of amides is 1. The molecule has 4 rings (SSSR count). The lowest BCUT2D eigenvalue weighted by molar-refractivity contribution is 0.0942. The molecule has 1 aliphatic rings. The van der Waals surface area contributed by atoms with Gasteiger partial charge in [0, 0.05) is 37.5 Å². The zero-order chi connectivity index (χ0) is 18.6. The first-order valence-corrected chi connectivity index (χ1v) is 9.02. The Morgan fingerprint density at radius 3 is 2.85 bits per heavy atom. The van der Waals surface area contributed by atoms with Crippen molar-refractivity contribution in [2.75, 3.05) is 13.2 Å². The van der Waals surface area contributed by atoms with E-state index in [1.54, 1.807) is 10.7 Å². The van der Waals surface area contributed by atoms with Gasteiger partial charge in [0.15, 0.2) is 0 Å². The molecule has 2 aromatic carbocycles. The van der Waals surface area contributed by atoms with Crippen molar-refractivity contribution in [3.05, 3.63) is 83.2 Å². The smallest absolute Gasteiger partial charge is 0.252 e. The minimum absolute atomic E-state index is 0.137.